The molecule has 2 aromatic heterocycles. The lowest BCUT2D eigenvalue weighted by Crippen LogP contribution is -2.49. The topological polar surface area (TPSA) is 54.3 Å². The van der Waals surface area contributed by atoms with Crippen molar-refractivity contribution in [3.8, 4) is 0 Å². The first-order chi connectivity index (χ1) is 11.5. The average molecular weight is 329 g/mol. The molecule has 0 radical (unpaired) electrons. The molecule has 1 aliphatic heterocycles. The van der Waals surface area contributed by atoms with Crippen molar-refractivity contribution in [2.24, 2.45) is 5.92 Å². The number of carbonyl (C=O) groups excluding carboxylic acids is 1. The van der Waals surface area contributed by atoms with Crippen molar-refractivity contribution in [3.05, 3.63) is 24.0 Å². The number of hydrogen-bond donors (Lipinski definition) is 0. The van der Waals surface area contributed by atoms with Crippen LogP contribution in [0.15, 0.2) is 18.5 Å². The van der Waals surface area contributed by atoms with E-state index in [0.717, 1.165) is 43.8 Å². The van der Waals surface area contributed by atoms with Crippen LogP contribution in [0, 0.1) is 5.92 Å². The molecule has 0 aromatic carbocycles. The molecule has 1 saturated heterocycles. The molecular weight excluding hydrogens is 302 g/mol. The van der Waals surface area contributed by atoms with Crippen LogP contribution in [0.2, 0.25) is 0 Å². The van der Waals surface area contributed by atoms with E-state index in [0.29, 0.717) is 11.5 Å². The number of hydrogen-bond acceptors (Lipinski definition) is 4. The molecule has 0 bridgehead atoms. The lowest BCUT2D eigenvalue weighted by atomic mass is 10.1. The molecule has 1 fully saturated rings. The van der Waals surface area contributed by atoms with Crippen molar-refractivity contribution in [1.29, 1.82) is 0 Å². The Morgan fingerprint density at radius 1 is 1.12 bits per heavy atom. The SMILES string of the molecule is CC(C)CN1CCN(C(=O)c2cnc3c(cnn3C(C)C)c2)CC1. The summed E-state index contributed by atoms with van der Waals surface area (Å²) < 4.78 is 1.88. The minimum Gasteiger partial charge on any atom is -0.336 e. The summed E-state index contributed by atoms with van der Waals surface area (Å²) in [7, 11) is 0. The van der Waals surface area contributed by atoms with Gasteiger partial charge in [-0.15, -0.1) is 0 Å². The molecule has 130 valence electrons. The first-order valence-electron chi connectivity index (χ1n) is 8.80. The van der Waals surface area contributed by atoms with E-state index in [-0.39, 0.29) is 11.9 Å². The van der Waals surface area contributed by atoms with Gasteiger partial charge in [-0.3, -0.25) is 9.69 Å². The van der Waals surface area contributed by atoms with Crippen LogP contribution < -0.4 is 0 Å². The maximum absolute atomic E-state index is 12.8. The Hall–Kier alpha value is -1.95. The zero-order valence-electron chi connectivity index (χ0n) is 15.1. The van der Waals surface area contributed by atoms with Crippen molar-refractivity contribution in [2.75, 3.05) is 32.7 Å². The van der Waals surface area contributed by atoms with E-state index in [1.807, 2.05) is 15.6 Å². The molecule has 1 amide bonds. The summed E-state index contributed by atoms with van der Waals surface area (Å²) in [5, 5.41) is 5.29. The Kier molecular flexibility index (Phi) is 4.85. The van der Waals surface area contributed by atoms with Crippen LogP contribution in [-0.2, 0) is 0 Å². The van der Waals surface area contributed by atoms with Gasteiger partial charge < -0.3 is 4.90 Å². The summed E-state index contributed by atoms with van der Waals surface area (Å²) in [5.41, 5.74) is 1.49. The molecule has 0 spiro atoms. The Bertz CT molecular complexity index is 713. The first-order valence-corrected chi connectivity index (χ1v) is 8.80. The van der Waals surface area contributed by atoms with Gasteiger partial charge in [-0.05, 0) is 25.8 Å². The molecule has 0 aliphatic carbocycles. The van der Waals surface area contributed by atoms with E-state index in [4.69, 9.17) is 0 Å². The number of nitrogens with zero attached hydrogens (tertiary/aromatic N) is 5. The third-order valence-corrected chi connectivity index (χ3v) is 4.45. The average Bonchev–Trinajstić information content (AvgIpc) is 2.97. The van der Waals surface area contributed by atoms with Crippen molar-refractivity contribution < 1.29 is 4.79 Å². The third-order valence-electron chi connectivity index (χ3n) is 4.45. The minimum atomic E-state index is 0.0749. The number of carbonyl (C=O) groups is 1. The zero-order valence-corrected chi connectivity index (χ0v) is 15.1. The molecule has 0 atom stereocenters. The monoisotopic (exact) mass is 329 g/mol. The quantitative estimate of drug-likeness (QED) is 0.864. The van der Waals surface area contributed by atoms with Crippen LogP contribution in [0.5, 0.6) is 0 Å². The Labute approximate surface area is 143 Å². The van der Waals surface area contributed by atoms with Crippen LogP contribution in [0.4, 0.5) is 0 Å². The van der Waals surface area contributed by atoms with Crippen LogP contribution in [-0.4, -0.2) is 63.2 Å². The standard InChI is InChI=1S/C18H27N5O/c1-13(2)12-21-5-7-22(8-6-21)18(24)16-9-15-11-20-23(14(3)4)17(15)19-10-16/h9-11,13-14H,5-8,12H2,1-4H3. The highest BCUT2D eigenvalue weighted by atomic mass is 16.2. The normalized spacial score (nSPS) is 16.5. The molecule has 2 aromatic rings. The van der Waals surface area contributed by atoms with E-state index in [9.17, 15) is 4.79 Å². The fourth-order valence-electron chi connectivity index (χ4n) is 3.27. The van der Waals surface area contributed by atoms with E-state index < -0.39 is 0 Å². The van der Waals surface area contributed by atoms with Gasteiger partial charge in [-0.2, -0.15) is 5.10 Å². The van der Waals surface area contributed by atoms with Gasteiger partial charge in [0.1, 0.15) is 0 Å². The number of amides is 1. The molecule has 24 heavy (non-hydrogen) atoms. The molecule has 1 aliphatic rings. The molecule has 3 rings (SSSR count). The predicted molar refractivity (Wildman–Crippen MR) is 95.1 cm³/mol. The van der Waals surface area contributed by atoms with Gasteiger partial charge in [0.15, 0.2) is 5.65 Å². The van der Waals surface area contributed by atoms with Crippen LogP contribution >= 0.6 is 0 Å². The van der Waals surface area contributed by atoms with Gasteiger partial charge in [-0.1, -0.05) is 13.8 Å². The van der Waals surface area contributed by atoms with Gasteiger partial charge in [0.05, 0.1) is 11.8 Å². The van der Waals surface area contributed by atoms with E-state index in [2.05, 4.69) is 42.7 Å². The van der Waals surface area contributed by atoms with Gasteiger partial charge >= 0.3 is 0 Å². The molecule has 3 heterocycles. The van der Waals surface area contributed by atoms with Crippen LogP contribution in [0.3, 0.4) is 0 Å². The van der Waals surface area contributed by atoms with Gasteiger partial charge in [0, 0.05) is 50.3 Å². The van der Waals surface area contributed by atoms with Crippen LogP contribution in [0.25, 0.3) is 11.0 Å². The summed E-state index contributed by atoms with van der Waals surface area (Å²) >= 11 is 0. The highest BCUT2D eigenvalue weighted by molar-refractivity contribution is 5.96. The summed E-state index contributed by atoms with van der Waals surface area (Å²) in [6, 6.07) is 2.17. The van der Waals surface area contributed by atoms with Gasteiger partial charge in [-0.25, -0.2) is 9.67 Å². The smallest absolute Gasteiger partial charge is 0.255 e. The molecule has 0 unspecified atom stereocenters. The second-order valence-electron chi connectivity index (χ2n) is 7.31. The second-order valence-corrected chi connectivity index (χ2v) is 7.31. The zero-order chi connectivity index (χ0) is 17.3. The van der Waals surface area contributed by atoms with Crippen molar-refractivity contribution in [3.63, 3.8) is 0 Å². The molecule has 0 saturated carbocycles. The largest absolute Gasteiger partial charge is 0.336 e. The van der Waals surface area contributed by atoms with E-state index in [1.165, 1.54) is 0 Å². The fourth-order valence-corrected chi connectivity index (χ4v) is 3.27. The number of aromatic nitrogens is 3. The van der Waals surface area contributed by atoms with Crippen LogP contribution in [0.1, 0.15) is 44.1 Å². The summed E-state index contributed by atoms with van der Waals surface area (Å²) in [6.45, 7) is 13.2. The Balaban J connectivity index is 1.71. The number of fused-ring (bicyclic) bond motifs is 1. The molecule has 6 nitrogen and oxygen atoms in total. The Morgan fingerprint density at radius 3 is 2.46 bits per heavy atom. The molecule has 0 N–H and O–H groups in total. The highest BCUT2D eigenvalue weighted by Crippen LogP contribution is 2.18. The van der Waals surface area contributed by atoms with E-state index >= 15 is 0 Å². The van der Waals surface area contributed by atoms with Crippen molar-refractivity contribution in [1.82, 2.24) is 24.6 Å². The maximum atomic E-state index is 12.8. The van der Waals surface area contributed by atoms with Crippen molar-refractivity contribution in [2.45, 2.75) is 33.7 Å². The minimum absolute atomic E-state index is 0.0749. The highest BCUT2D eigenvalue weighted by Gasteiger charge is 2.23. The number of pyridine rings is 1. The second kappa shape index (κ2) is 6.89. The van der Waals surface area contributed by atoms with Crippen molar-refractivity contribution >= 4 is 16.9 Å². The first kappa shape index (κ1) is 16.9. The van der Waals surface area contributed by atoms with Gasteiger partial charge in [0.2, 0.25) is 0 Å². The lowest BCUT2D eigenvalue weighted by Gasteiger charge is -2.35. The lowest BCUT2D eigenvalue weighted by molar-refractivity contribution is 0.0623. The third kappa shape index (κ3) is 3.43. The molecular formula is C18H27N5O. The predicted octanol–water partition coefficient (Wildman–Crippen LogP) is 2.43. The van der Waals surface area contributed by atoms with E-state index in [1.54, 1.807) is 12.4 Å². The number of piperazine rings is 1. The Morgan fingerprint density at radius 2 is 1.83 bits per heavy atom. The molecule has 6 heteroatoms. The summed E-state index contributed by atoms with van der Waals surface area (Å²) in [5.74, 6) is 0.738. The summed E-state index contributed by atoms with van der Waals surface area (Å²) in [6.07, 6.45) is 3.48. The van der Waals surface area contributed by atoms with Gasteiger partial charge in [0.25, 0.3) is 5.91 Å². The number of rotatable bonds is 4. The summed E-state index contributed by atoms with van der Waals surface area (Å²) in [4.78, 5) is 21.6. The maximum Gasteiger partial charge on any atom is 0.255 e. The fraction of sp³-hybridized carbons (Fsp3) is 0.611.